The van der Waals surface area contributed by atoms with E-state index in [1.54, 1.807) is 12.1 Å². The van der Waals surface area contributed by atoms with E-state index >= 15 is 0 Å². The molecule has 3 rings (SSSR count). The number of hydrogen-bond acceptors (Lipinski definition) is 4. The third-order valence-electron chi connectivity index (χ3n) is 3.89. The third-order valence-corrected chi connectivity index (χ3v) is 3.89. The highest BCUT2D eigenvalue weighted by Crippen LogP contribution is 2.55. The largest absolute Gasteiger partial charge is 0.504 e. The molecule has 3 aromatic carbocycles. The van der Waals surface area contributed by atoms with Crippen LogP contribution >= 0.6 is 0 Å². The molecular formula is C20H18O4. The second-order valence-corrected chi connectivity index (χ2v) is 5.25. The number of aromatic hydroxyl groups is 2. The first kappa shape index (κ1) is 15.7. The summed E-state index contributed by atoms with van der Waals surface area (Å²) in [6, 6.07) is 18.5. The Bertz CT molecular complexity index is 812. The summed E-state index contributed by atoms with van der Waals surface area (Å²) in [7, 11) is 2.96. The minimum absolute atomic E-state index is 0.124. The van der Waals surface area contributed by atoms with E-state index in [4.69, 9.17) is 9.47 Å². The van der Waals surface area contributed by atoms with Crippen molar-refractivity contribution in [2.45, 2.75) is 0 Å². The molecule has 0 saturated carbocycles. The Kier molecular flexibility index (Phi) is 4.29. The van der Waals surface area contributed by atoms with Crippen LogP contribution in [-0.4, -0.2) is 24.4 Å². The van der Waals surface area contributed by atoms with Crippen LogP contribution in [0.2, 0.25) is 0 Å². The number of benzene rings is 3. The molecule has 0 aliphatic heterocycles. The predicted molar refractivity (Wildman–Crippen MR) is 93.7 cm³/mol. The molecule has 4 nitrogen and oxygen atoms in total. The zero-order valence-corrected chi connectivity index (χ0v) is 13.5. The lowest BCUT2D eigenvalue weighted by Gasteiger charge is -2.20. The van der Waals surface area contributed by atoms with Crippen LogP contribution < -0.4 is 9.47 Å². The van der Waals surface area contributed by atoms with Crippen molar-refractivity contribution in [3.63, 3.8) is 0 Å². The van der Waals surface area contributed by atoms with Gasteiger partial charge in [0.05, 0.1) is 25.3 Å². The highest BCUT2D eigenvalue weighted by atomic mass is 16.5. The van der Waals surface area contributed by atoms with Crippen LogP contribution in [0, 0.1) is 0 Å². The Labute approximate surface area is 140 Å². The highest BCUT2D eigenvalue weighted by Gasteiger charge is 2.27. The Morgan fingerprint density at radius 3 is 1.33 bits per heavy atom. The van der Waals surface area contributed by atoms with Gasteiger partial charge in [0.1, 0.15) is 0 Å². The SMILES string of the molecule is COc1c(O)c(-c2ccccc2)c(O)c(OC)c1-c1ccccc1. The van der Waals surface area contributed by atoms with Gasteiger partial charge in [-0.3, -0.25) is 0 Å². The number of hydrogen-bond donors (Lipinski definition) is 2. The third kappa shape index (κ3) is 2.52. The van der Waals surface area contributed by atoms with Gasteiger partial charge < -0.3 is 19.7 Å². The molecule has 2 N–H and O–H groups in total. The molecule has 0 saturated heterocycles. The fourth-order valence-electron chi connectivity index (χ4n) is 2.82. The van der Waals surface area contributed by atoms with Crippen molar-refractivity contribution in [2.75, 3.05) is 14.2 Å². The van der Waals surface area contributed by atoms with Crippen molar-refractivity contribution < 1.29 is 19.7 Å². The van der Waals surface area contributed by atoms with Crippen LogP contribution in [0.3, 0.4) is 0 Å². The van der Waals surface area contributed by atoms with Crippen molar-refractivity contribution in [2.24, 2.45) is 0 Å². The van der Waals surface area contributed by atoms with Crippen molar-refractivity contribution in [1.82, 2.24) is 0 Å². The quantitative estimate of drug-likeness (QED) is 0.745. The Hall–Kier alpha value is -3.14. The number of phenols is 2. The van der Waals surface area contributed by atoms with Gasteiger partial charge in [-0.05, 0) is 11.1 Å². The monoisotopic (exact) mass is 322 g/mol. The molecule has 0 unspecified atom stereocenters. The number of methoxy groups -OCH3 is 2. The summed E-state index contributed by atoms with van der Waals surface area (Å²) in [6.45, 7) is 0. The smallest absolute Gasteiger partial charge is 0.172 e. The standard InChI is InChI=1S/C20H18O4/c1-23-19-16(14-11-7-4-8-12-14)20(24-2)18(22)15(17(19)21)13-9-5-3-6-10-13/h3-12,21-22H,1-2H3. The molecule has 0 aromatic heterocycles. The van der Waals surface area contributed by atoms with E-state index in [1.807, 2.05) is 48.5 Å². The maximum Gasteiger partial charge on any atom is 0.172 e. The molecule has 0 bridgehead atoms. The first-order chi connectivity index (χ1) is 11.7. The second-order valence-electron chi connectivity index (χ2n) is 5.25. The van der Waals surface area contributed by atoms with Crippen LogP contribution in [-0.2, 0) is 0 Å². The molecule has 0 radical (unpaired) electrons. The van der Waals surface area contributed by atoms with E-state index < -0.39 is 0 Å². The molecule has 0 heterocycles. The Balaban J connectivity index is 2.38. The van der Waals surface area contributed by atoms with Gasteiger partial charge in [-0.1, -0.05) is 60.7 Å². The van der Waals surface area contributed by atoms with Gasteiger partial charge in [0, 0.05) is 0 Å². The van der Waals surface area contributed by atoms with Crippen LogP contribution in [0.25, 0.3) is 22.3 Å². The number of ether oxygens (including phenoxy) is 2. The molecule has 0 aliphatic rings. The molecule has 0 amide bonds. The van der Waals surface area contributed by atoms with Gasteiger partial charge >= 0.3 is 0 Å². The molecule has 0 spiro atoms. The summed E-state index contributed by atoms with van der Waals surface area (Å²) < 4.78 is 10.9. The molecule has 4 heteroatoms. The zero-order chi connectivity index (χ0) is 17.1. The topological polar surface area (TPSA) is 58.9 Å². The Morgan fingerprint density at radius 2 is 0.958 bits per heavy atom. The van der Waals surface area contributed by atoms with E-state index in [1.165, 1.54) is 14.2 Å². The van der Waals surface area contributed by atoms with Gasteiger partial charge in [-0.15, -0.1) is 0 Å². The summed E-state index contributed by atoms with van der Waals surface area (Å²) in [5.74, 6) is 0.270. The van der Waals surface area contributed by atoms with Crippen LogP contribution in [0.1, 0.15) is 0 Å². The molecular weight excluding hydrogens is 304 g/mol. The van der Waals surface area contributed by atoms with Gasteiger partial charge in [-0.2, -0.15) is 0 Å². The van der Waals surface area contributed by atoms with Crippen molar-refractivity contribution in [1.29, 1.82) is 0 Å². The van der Waals surface area contributed by atoms with Crippen molar-refractivity contribution in [3.8, 4) is 45.3 Å². The average Bonchev–Trinajstić information content (AvgIpc) is 2.63. The fraction of sp³-hybridized carbons (Fsp3) is 0.100. The maximum atomic E-state index is 10.7. The second kappa shape index (κ2) is 6.54. The summed E-state index contributed by atoms with van der Waals surface area (Å²) >= 11 is 0. The summed E-state index contributed by atoms with van der Waals surface area (Å²) in [4.78, 5) is 0. The zero-order valence-electron chi connectivity index (χ0n) is 13.5. The minimum atomic E-state index is -0.124. The van der Waals surface area contributed by atoms with Gasteiger partial charge in [0.25, 0.3) is 0 Å². The number of phenolic OH excluding ortho intramolecular Hbond substituents is 2. The van der Waals surface area contributed by atoms with Gasteiger partial charge in [-0.25, -0.2) is 0 Å². The molecule has 122 valence electrons. The summed E-state index contributed by atoms with van der Waals surface area (Å²) in [5, 5.41) is 21.5. The normalized spacial score (nSPS) is 10.4. The van der Waals surface area contributed by atoms with Crippen LogP contribution in [0.5, 0.6) is 23.0 Å². The van der Waals surface area contributed by atoms with Crippen LogP contribution in [0.4, 0.5) is 0 Å². The predicted octanol–water partition coefficient (Wildman–Crippen LogP) is 4.45. The number of rotatable bonds is 4. The first-order valence-electron chi connectivity index (χ1n) is 7.49. The lowest BCUT2D eigenvalue weighted by atomic mass is 9.95. The summed E-state index contributed by atoms with van der Waals surface area (Å²) in [6.07, 6.45) is 0. The lowest BCUT2D eigenvalue weighted by molar-refractivity contribution is 0.351. The molecule has 0 atom stereocenters. The first-order valence-corrected chi connectivity index (χ1v) is 7.49. The fourth-order valence-corrected chi connectivity index (χ4v) is 2.82. The molecule has 3 aromatic rings. The highest BCUT2D eigenvalue weighted by molar-refractivity contribution is 5.92. The maximum absolute atomic E-state index is 10.7. The molecule has 0 aliphatic carbocycles. The molecule has 0 fully saturated rings. The van der Waals surface area contributed by atoms with Crippen molar-refractivity contribution in [3.05, 3.63) is 60.7 Å². The average molecular weight is 322 g/mol. The van der Waals surface area contributed by atoms with Gasteiger partial charge in [0.2, 0.25) is 0 Å². The minimum Gasteiger partial charge on any atom is -0.504 e. The molecule has 24 heavy (non-hydrogen) atoms. The van der Waals surface area contributed by atoms with E-state index in [2.05, 4.69) is 0 Å². The van der Waals surface area contributed by atoms with Gasteiger partial charge in [0.15, 0.2) is 23.0 Å². The van der Waals surface area contributed by atoms with Crippen molar-refractivity contribution >= 4 is 0 Å². The van der Waals surface area contributed by atoms with E-state index in [0.717, 1.165) is 5.56 Å². The lowest BCUT2D eigenvalue weighted by Crippen LogP contribution is -1.97. The van der Waals surface area contributed by atoms with E-state index in [-0.39, 0.29) is 28.6 Å². The Morgan fingerprint density at radius 1 is 0.583 bits per heavy atom. The van der Waals surface area contributed by atoms with Crippen LogP contribution in [0.15, 0.2) is 60.7 Å². The summed E-state index contributed by atoms with van der Waals surface area (Å²) in [5.41, 5.74) is 2.24. The van der Waals surface area contributed by atoms with E-state index in [0.29, 0.717) is 11.1 Å². The van der Waals surface area contributed by atoms with E-state index in [9.17, 15) is 10.2 Å².